The zero-order valence-electron chi connectivity index (χ0n) is 12.6. The molecule has 0 fully saturated rings. The third-order valence-corrected chi connectivity index (χ3v) is 3.21. The Morgan fingerprint density at radius 1 is 1.16 bits per heavy atom. The van der Waals surface area contributed by atoms with Gasteiger partial charge in [0.05, 0.1) is 0 Å². The minimum atomic E-state index is -0.204. The molecule has 1 amide bonds. The van der Waals surface area contributed by atoms with Crippen LogP contribution in [0.25, 0.3) is 0 Å². The third-order valence-electron chi connectivity index (χ3n) is 3.21. The summed E-state index contributed by atoms with van der Waals surface area (Å²) in [5.41, 5.74) is 2.12. The Hall–Kier alpha value is -1.71. The predicted molar refractivity (Wildman–Crippen MR) is 81.8 cm³/mol. The quantitative estimate of drug-likeness (QED) is 0.856. The first-order chi connectivity index (χ1) is 8.99. The Morgan fingerprint density at radius 2 is 1.68 bits per heavy atom. The van der Waals surface area contributed by atoms with Crippen LogP contribution >= 0.6 is 0 Å². The highest BCUT2D eigenvalue weighted by Gasteiger charge is 2.17. The fraction of sp³-hybridized carbons (Fsp3) is 0.533. The normalized spacial score (nSPS) is 11.8. The van der Waals surface area contributed by atoms with E-state index in [1.54, 1.807) is 0 Å². The largest absolute Gasteiger partial charge is 0.378 e. The van der Waals surface area contributed by atoms with Gasteiger partial charge in [-0.05, 0) is 45.0 Å². The number of nitrogens with one attached hydrogen (secondary N) is 1. The first-order valence-corrected chi connectivity index (χ1v) is 6.82. The SMILES string of the molecule is CCN(CC)C(=O)C(C)Nc1ccc(N(C)C)cc1. The zero-order valence-corrected chi connectivity index (χ0v) is 12.6. The number of hydrogen-bond donors (Lipinski definition) is 1. The number of anilines is 2. The maximum atomic E-state index is 12.1. The van der Waals surface area contributed by atoms with Crippen molar-refractivity contribution in [3.8, 4) is 0 Å². The van der Waals surface area contributed by atoms with E-state index in [-0.39, 0.29) is 11.9 Å². The number of likely N-dealkylation sites (N-methyl/N-ethyl adjacent to an activating group) is 1. The number of rotatable bonds is 6. The van der Waals surface area contributed by atoms with Gasteiger partial charge in [0, 0.05) is 38.6 Å². The fourth-order valence-electron chi connectivity index (χ4n) is 1.98. The maximum Gasteiger partial charge on any atom is 0.244 e. The van der Waals surface area contributed by atoms with Crippen LogP contribution in [0.2, 0.25) is 0 Å². The molecule has 0 aromatic heterocycles. The minimum Gasteiger partial charge on any atom is -0.378 e. The minimum absolute atomic E-state index is 0.140. The van der Waals surface area contributed by atoms with E-state index in [0.29, 0.717) is 0 Å². The van der Waals surface area contributed by atoms with Gasteiger partial charge in [-0.15, -0.1) is 0 Å². The van der Waals surface area contributed by atoms with Crippen molar-refractivity contribution < 1.29 is 4.79 Å². The number of hydrogen-bond acceptors (Lipinski definition) is 3. The van der Waals surface area contributed by atoms with Crippen LogP contribution in [-0.2, 0) is 4.79 Å². The summed E-state index contributed by atoms with van der Waals surface area (Å²) in [6, 6.07) is 7.88. The molecule has 1 unspecified atom stereocenters. The van der Waals surface area contributed by atoms with Crippen LogP contribution in [0, 0.1) is 0 Å². The van der Waals surface area contributed by atoms with Crippen molar-refractivity contribution in [3.63, 3.8) is 0 Å². The second-order valence-electron chi connectivity index (χ2n) is 4.82. The van der Waals surface area contributed by atoms with Gasteiger partial charge < -0.3 is 15.1 Å². The van der Waals surface area contributed by atoms with Crippen molar-refractivity contribution in [2.24, 2.45) is 0 Å². The molecule has 0 aliphatic rings. The van der Waals surface area contributed by atoms with Crippen LogP contribution in [0.3, 0.4) is 0 Å². The van der Waals surface area contributed by atoms with Gasteiger partial charge in [0.25, 0.3) is 0 Å². The first-order valence-electron chi connectivity index (χ1n) is 6.82. The van der Waals surface area contributed by atoms with E-state index in [9.17, 15) is 4.79 Å². The van der Waals surface area contributed by atoms with Gasteiger partial charge in [0.1, 0.15) is 6.04 Å². The van der Waals surface area contributed by atoms with Crippen LogP contribution < -0.4 is 10.2 Å². The van der Waals surface area contributed by atoms with Crippen molar-refractivity contribution in [2.75, 3.05) is 37.4 Å². The average Bonchev–Trinajstić information content (AvgIpc) is 2.40. The predicted octanol–water partition coefficient (Wildman–Crippen LogP) is 2.42. The van der Waals surface area contributed by atoms with Gasteiger partial charge in [-0.2, -0.15) is 0 Å². The van der Waals surface area contributed by atoms with Gasteiger partial charge in [0.15, 0.2) is 0 Å². The van der Waals surface area contributed by atoms with Crippen molar-refractivity contribution in [1.82, 2.24) is 4.90 Å². The molecule has 1 aromatic carbocycles. The Bertz CT molecular complexity index is 396. The Morgan fingerprint density at radius 3 is 2.11 bits per heavy atom. The molecule has 1 rings (SSSR count). The summed E-state index contributed by atoms with van der Waals surface area (Å²) in [6.45, 7) is 7.41. The number of nitrogens with zero attached hydrogens (tertiary/aromatic N) is 2. The highest BCUT2D eigenvalue weighted by molar-refractivity contribution is 5.84. The Labute approximate surface area is 116 Å². The van der Waals surface area contributed by atoms with Crippen LogP contribution in [0.4, 0.5) is 11.4 Å². The lowest BCUT2D eigenvalue weighted by Gasteiger charge is -2.24. The lowest BCUT2D eigenvalue weighted by molar-refractivity contribution is -0.131. The van der Waals surface area contributed by atoms with Crippen molar-refractivity contribution in [3.05, 3.63) is 24.3 Å². The summed E-state index contributed by atoms with van der Waals surface area (Å²) >= 11 is 0. The summed E-state index contributed by atoms with van der Waals surface area (Å²) in [5, 5.41) is 3.25. The van der Waals surface area contributed by atoms with Gasteiger partial charge in [0.2, 0.25) is 5.91 Å². The van der Waals surface area contributed by atoms with E-state index in [2.05, 4.69) is 5.32 Å². The Kier molecular flexibility index (Phi) is 5.67. The summed E-state index contributed by atoms with van der Waals surface area (Å²) in [4.78, 5) is 16.0. The van der Waals surface area contributed by atoms with E-state index < -0.39 is 0 Å². The molecule has 1 aromatic rings. The fourth-order valence-corrected chi connectivity index (χ4v) is 1.98. The number of benzene rings is 1. The third kappa shape index (κ3) is 4.16. The van der Waals surface area contributed by atoms with Gasteiger partial charge >= 0.3 is 0 Å². The van der Waals surface area contributed by atoms with Crippen LogP contribution in [-0.4, -0.2) is 44.0 Å². The molecule has 0 heterocycles. The van der Waals surface area contributed by atoms with E-state index >= 15 is 0 Å². The van der Waals surface area contributed by atoms with E-state index in [1.165, 1.54) is 0 Å². The molecule has 0 saturated heterocycles. The highest BCUT2D eigenvalue weighted by Crippen LogP contribution is 2.16. The second-order valence-corrected chi connectivity index (χ2v) is 4.82. The summed E-state index contributed by atoms with van der Waals surface area (Å²) < 4.78 is 0. The van der Waals surface area contributed by atoms with Gasteiger partial charge in [-0.1, -0.05) is 0 Å². The van der Waals surface area contributed by atoms with Crippen molar-refractivity contribution in [2.45, 2.75) is 26.8 Å². The number of carbonyl (C=O) groups is 1. The molecule has 1 atom stereocenters. The monoisotopic (exact) mass is 263 g/mol. The molecule has 0 aliphatic carbocycles. The van der Waals surface area contributed by atoms with E-state index in [4.69, 9.17) is 0 Å². The molecule has 4 heteroatoms. The molecule has 0 aliphatic heterocycles. The molecule has 1 N–H and O–H groups in total. The van der Waals surface area contributed by atoms with Gasteiger partial charge in [-0.25, -0.2) is 0 Å². The molecule has 106 valence electrons. The van der Waals surface area contributed by atoms with Crippen LogP contribution in [0.1, 0.15) is 20.8 Å². The second kappa shape index (κ2) is 7.02. The molecule has 0 bridgehead atoms. The zero-order chi connectivity index (χ0) is 14.4. The van der Waals surface area contributed by atoms with Gasteiger partial charge in [-0.3, -0.25) is 4.79 Å². The van der Waals surface area contributed by atoms with E-state index in [0.717, 1.165) is 24.5 Å². The highest BCUT2D eigenvalue weighted by atomic mass is 16.2. The standard InChI is InChI=1S/C15H25N3O/c1-6-18(7-2)15(19)12(3)16-13-8-10-14(11-9-13)17(4)5/h8-12,16H,6-7H2,1-5H3. The van der Waals surface area contributed by atoms with Crippen LogP contribution in [0.5, 0.6) is 0 Å². The lowest BCUT2D eigenvalue weighted by atomic mass is 10.2. The molecule has 4 nitrogen and oxygen atoms in total. The lowest BCUT2D eigenvalue weighted by Crippen LogP contribution is -2.41. The number of carbonyl (C=O) groups excluding carboxylic acids is 1. The summed E-state index contributed by atoms with van der Waals surface area (Å²) in [5.74, 6) is 0.140. The van der Waals surface area contributed by atoms with E-state index in [1.807, 2.05) is 68.9 Å². The molecule has 0 spiro atoms. The Balaban J connectivity index is 2.66. The summed E-state index contributed by atoms with van der Waals surface area (Å²) in [6.07, 6.45) is 0. The molecular weight excluding hydrogens is 238 g/mol. The van der Waals surface area contributed by atoms with Crippen LogP contribution in [0.15, 0.2) is 24.3 Å². The molecule has 0 radical (unpaired) electrons. The molecular formula is C15H25N3O. The maximum absolute atomic E-state index is 12.1. The molecule has 19 heavy (non-hydrogen) atoms. The average molecular weight is 263 g/mol. The molecule has 0 saturated carbocycles. The number of amides is 1. The topological polar surface area (TPSA) is 35.6 Å². The van der Waals surface area contributed by atoms with Crippen molar-refractivity contribution in [1.29, 1.82) is 0 Å². The first kappa shape index (κ1) is 15.3. The smallest absolute Gasteiger partial charge is 0.244 e. The summed E-state index contributed by atoms with van der Waals surface area (Å²) in [7, 11) is 4.02. The van der Waals surface area contributed by atoms with Crippen molar-refractivity contribution >= 4 is 17.3 Å².